The molecule has 1 saturated carbocycles. The maximum absolute atomic E-state index is 12.4. The molecular formula is C20H26O4. The number of aromatic hydroxyl groups is 1. The molecule has 0 amide bonds. The molecule has 0 radical (unpaired) electrons. The van der Waals surface area contributed by atoms with E-state index in [2.05, 4.69) is 13.8 Å². The lowest BCUT2D eigenvalue weighted by atomic mass is 9.49. The van der Waals surface area contributed by atoms with E-state index in [0.717, 1.165) is 29.5 Å². The van der Waals surface area contributed by atoms with E-state index in [1.807, 2.05) is 13.0 Å². The van der Waals surface area contributed by atoms with Gasteiger partial charge in [0, 0.05) is 18.3 Å². The van der Waals surface area contributed by atoms with Crippen LogP contribution < -0.4 is 0 Å². The van der Waals surface area contributed by atoms with Crippen LogP contribution in [0.5, 0.6) is 5.75 Å². The second-order valence-electron chi connectivity index (χ2n) is 8.30. The molecule has 1 aromatic carbocycles. The molecule has 3 atom stereocenters. The number of carboxylic acids is 1. The van der Waals surface area contributed by atoms with Gasteiger partial charge in [0.25, 0.3) is 0 Å². The van der Waals surface area contributed by atoms with Crippen molar-refractivity contribution in [2.45, 2.75) is 64.7 Å². The van der Waals surface area contributed by atoms with Crippen LogP contribution in [0.2, 0.25) is 0 Å². The van der Waals surface area contributed by atoms with Gasteiger partial charge in [-0.1, -0.05) is 26.8 Å². The molecule has 4 nitrogen and oxygen atoms in total. The minimum Gasteiger partial charge on any atom is -0.508 e. The van der Waals surface area contributed by atoms with E-state index in [1.54, 1.807) is 13.0 Å². The van der Waals surface area contributed by atoms with Crippen LogP contribution in [0, 0.1) is 11.3 Å². The Morgan fingerprint density at radius 2 is 1.92 bits per heavy atom. The summed E-state index contributed by atoms with van der Waals surface area (Å²) in [4.78, 5) is 24.4. The number of carbonyl (C=O) groups is 2. The van der Waals surface area contributed by atoms with Crippen molar-refractivity contribution in [2.75, 3.05) is 0 Å². The van der Waals surface area contributed by atoms with Crippen LogP contribution in [0.3, 0.4) is 0 Å². The molecule has 3 unspecified atom stereocenters. The summed E-state index contributed by atoms with van der Waals surface area (Å²) in [6.45, 7) is 7.87. The summed E-state index contributed by atoms with van der Waals surface area (Å²) in [7, 11) is 0. The first kappa shape index (κ1) is 17.0. The van der Waals surface area contributed by atoms with E-state index in [4.69, 9.17) is 0 Å². The minimum atomic E-state index is -1.02. The highest BCUT2D eigenvalue weighted by Crippen LogP contribution is 2.57. The molecule has 2 N–H and O–H groups in total. The zero-order chi connectivity index (χ0) is 17.9. The third-order valence-corrected chi connectivity index (χ3v) is 6.37. The second-order valence-corrected chi connectivity index (χ2v) is 8.30. The summed E-state index contributed by atoms with van der Waals surface area (Å²) in [5.41, 5.74) is 1.62. The van der Waals surface area contributed by atoms with Gasteiger partial charge in [-0.15, -0.1) is 0 Å². The molecular weight excluding hydrogens is 304 g/mol. The molecule has 2 aliphatic rings. The third-order valence-electron chi connectivity index (χ3n) is 6.37. The van der Waals surface area contributed by atoms with E-state index in [-0.39, 0.29) is 24.0 Å². The Bertz CT molecular complexity index is 721. The van der Waals surface area contributed by atoms with Gasteiger partial charge in [0.2, 0.25) is 0 Å². The lowest BCUT2D eigenvalue weighted by molar-refractivity contribution is -0.161. The molecule has 130 valence electrons. The van der Waals surface area contributed by atoms with Gasteiger partial charge in [-0.2, -0.15) is 0 Å². The molecule has 0 heterocycles. The Balaban J connectivity index is 2.22. The van der Waals surface area contributed by atoms with Gasteiger partial charge in [-0.3, -0.25) is 9.59 Å². The number of phenolic OH excluding ortho intramolecular Hbond substituents is 1. The number of ketones is 1. The van der Waals surface area contributed by atoms with E-state index in [1.165, 1.54) is 0 Å². The smallest absolute Gasteiger partial charge is 0.310 e. The van der Waals surface area contributed by atoms with Gasteiger partial charge in [-0.05, 0) is 54.4 Å². The summed E-state index contributed by atoms with van der Waals surface area (Å²) in [6, 6.07) is 3.61. The zero-order valence-corrected chi connectivity index (χ0v) is 14.8. The van der Waals surface area contributed by atoms with Crippen molar-refractivity contribution in [1.29, 1.82) is 0 Å². The second kappa shape index (κ2) is 5.33. The van der Waals surface area contributed by atoms with Crippen molar-refractivity contribution >= 4 is 11.8 Å². The molecule has 0 aromatic heterocycles. The van der Waals surface area contributed by atoms with Crippen LogP contribution in [0.15, 0.2) is 12.1 Å². The predicted octanol–water partition coefficient (Wildman–Crippen LogP) is 3.79. The third kappa shape index (κ3) is 2.19. The number of hydrogen-bond acceptors (Lipinski definition) is 3. The summed E-state index contributed by atoms with van der Waals surface area (Å²) in [5.74, 6) is -0.444. The molecule has 24 heavy (non-hydrogen) atoms. The van der Waals surface area contributed by atoms with E-state index in [9.17, 15) is 19.8 Å². The molecule has 0 aliphatic heterocycles. The fourth-order valence-corrected chi connectivity index (χ4v) is 5.37. The van der Waals surface area contributed by atoms with Crippen molar-refractivity contribution in [3.8, 4) is 5.75 Å². The van der Waals surface area contributed by atoms with Crippen molar-refractivity contribution < 1.29 is 19.8 Å². The Kier molecular flexibility index (Phi) is 3.78. The molecule has 1 aromatic rings. The van der Waals surface area contributed by atoms with Crippen molar-refractivity contribution in [3.05, 3.63) is 28.8 Å². The Labute approximate surface area is 142 Å². The van der Waals surface area contributed by atoms with Gasteiger partial charge in [0.05, 0.1) is 5.41 Å². The molecule has 0 spiro atoms. The normalized spacial score (nSPS) is 32.4. The zero-order valence-electron chi connectivity index (χ0n) is 14.8. The van der Waals surface area contributed by atoms with Crippen molar-refractivity contribution in [2.24, 2.45) is 11.3 Å². The molecule has 3 rings (SSSR count). The van der Waals surface area contributed by atoms with Crippen LogP contribution in [0.1, 0.15) is 69.6 Å². The lowest BCUT2D eigenvalue weighted by Crippen LogP contribution is -2.55. The highest BCUT2D eigenvalue weighted by molar-refractivity contribution is 5.89. The first-order valence-electron chi connectivity index (χ1n) is 8.71. The van der Waals surface area contributed by atoms with Crippen LogP contribution in [-0.2, 0) is 21.4 Å². The minimum absolute atomic E-state index is 0.0191. The van der Waals surface area contributed by atoms with Crippen LogP contribution >= 0.6 is 0 Å². The number of carbonyl (C=O) groups excluding carboxylic acids is 1. The van der Waals surface area contributed by atoms with Crippen molar-refractivity contribution in [3.63, 3.8) is 0 Å². The summed E-state index contributed by atoms with van der Waals surface area (Å²) in [5, 5.41) is 20.1. The molecule has 0 bridgehead atoms. The number of fused-ring (bicyclic) bond motifs is 3. The van der Waals surface area contributed by atoms with Crippen LogP contribution in [-0.4, -0.2) is 22.0 Å². The number of carboxylic acid groups (broad SMARTS) is 1. The largest absolute Gasteiger partial charge is 0.508 e. The van der Waals surface area contributed by atoms with E-state index in [0.29, 0.717) is 12.2 Å². The van der Waals surface area contributed by atoms with E-state index >= 15 is 0 Å². The van der Waals surface area contributed by atoms with Crippen LogP contribution in [0.4, 0.5) is 0 Å². The standard InChI is InChI=1S/C20H26O4/c1-11(2)17-13-5-8-16-19(3,14(13)6-7-15(17)22)9-12(21)10-20(16,4)18(23)24/h6-7,11,16,22H,5,8-10H2,1-4H3,(H,23,24). The molecule has 0 saturated heterocycles. The SMILES string of the molecule is CC(C)c1c(O)ccc2c1CCC1C(C)(C(=O)O)CC(=O)CC21C. The molecule has 4 heteroatoms. The molecule has 2 aliphatic carbocycles. The summed E-state index contributed by atoms with van der Waals surface area (Å²) < 4.78 is 0. The van der Waals surface area contributed by atoms with Gasteiger partial charge >= 0.3 is 5.97 Å². The maximum atomic E-state index is 12.4. The Morgan fingerprint density at radius 3 is 2.50 bits per heavy atom. The topological polar surface area (TPSA) is 74.6 Å². The van der Waals surface area contributed by atoms with Crippen molar-refractivity contribution in [1.82, 2.24) is 0 Å². The fourth-order valence-electron chi connectivity index (χ4n) is 5.37. The lowest BCUT2D eigenvalue weighted by Gasteiger charge is -2.53. The van der Waals surface area contributed by atoms with Gasteiger partial charge < -0.3 is 10.2 Å². The highest BCUT2D eigenvalue weighted by atomic mass is 16.4. The number of benzene rings is 1. The Morgan fingerprint density at radius 1 is 1.25 bits per heavy atom. The number of phenols is 1. The quantitative estimate of drug-likeness (QED) is 0.865. The average Bonchev–Trinajstić information content (AvgIpc) is 2.44. The van der Waals surface area contributed by atoms with Gasteiger partial charge in [-0.25, -0.2) is 0 Å². The first-order valence-corrected chi connectivity index (χ1v) is 8.71. The maximum Gasteiger partial charge on any atom is 0.310 e. The first-order chi connectivity index (χ1) is 11.1. The average molecular weight is 330 g/mol. The number of aliphatic carboxylic acids is 1. The van der Waals surface area contributed by atoms with E-state index < -0.39 is 16.8 Å². The van der Waals surface area contributed by atoms with Gasteiger partial charge in [0.15, 0.2) is 0 Å². The fraction of sp³-hybridized carbons (Fsp3) is 0.600. The molecule has 1 fully saturated rings. The Hall–Kier alpha value is -1.84. The summed E-state index contributed by atoms with van der Waals surface area (Å²) >= 11 is 0. The predicted molar refractivity (Wildman–Crippen MR) is 91.3 cm³/mol. The number of rotatable bonds is 2. The number of Topliss-reactive ketones (excluding diaryl/α,β-unsaturated/α-hetero) is 1. The summed E-state index contributed by atoms with van der Waals surface area (Å²) in [6.07, 6.45) is 2.00. The van der Waals surface area contributed by atoms with Gasteiger partial charge in [0.1, 0.15) is 11.5 Å². The van der Waals surface area contributed by atoms with Crippen LogP contribution in [0.25, 0.3) is 0 Å². The monoisotopic (exact) mass is 330 g/mol. The number of hydrogen-bond donors (Lipinski definition) is 2. The highest BCUT2D eigenvalue weighted by Gasteiger charge is 2.58.